The van der Waals surface area contributed by atoms with Crippen LogP contribution >= 0.6 is 0 Å². The predicted octanol–water partition coefficient (Wildman–Crippen LogP) is 3.61. The molecule has 0 aliphatic heterocycles. The molecule has 0 saturated heterocycles. The van der Waals surface area contributed by atoms with Crippen LogP contribution in [0, 0.1) is 5.92 Å². The summed E-state index contributed by atoms with van der Waals surface area (Å²) in [6, 6.07) is 7.88. The Kier molecular flexibility index (Phi) is 7.27. The van der Waals surface area contributed by atoms with Crippen LogP contribution in [0.1, 0.15) is 43.6 Å². The Balaban J connectivity index is 0.00000121. The van der Waals surface area contributed by atoms with E-state index in [0.717, 1.165) is 12.0 Å². The van der Waals surface area contributed by atoms with Gasteiger partial charge in [-0.2, -0.15) is 0 Å². The highest BCUT2D eigenvalue weighted by molar-refractivity contribution is 5.93. The summed E-state index contributed by atoms with van der Waals surface area (Å²) in [5.41, 5.74) is 2.05. The van der Waals surface area contributed by atoms with Gasteiger partial charge in [0.2, 0.25) is 0 Å². The van der Waals surface area contributed by atoms with Gasteiger partial charge in [0.05, 0.1) is 0 Å². The lowest BCUT2D eigenvalue weighted by Crippen LogP contribution is -2.21. The zero-order chi connectivity index (χ0) is 13.4. The second kappa shape index (κ2) is 7.88. The third kappa shape index (κ3) is 5.53. The lowest BCUT2D eigenvalue weighted by molar-refractivity contribution is 0.0827. The lowest BCUT2D eigenvalue weighted by Gasteiger charge is -2.11. The number of benzene rings is 1. The number of nitrogens with zero attached hydrogens (tertiary/aromatic N) is 1. The standard InChI is InChI=1S/C13H19NO.C2H6/c1-10(2)9-11-5-7-12(8-6-11)13(15)14(3)4;1-2/h5-8,10H,9H2,1-4H3;1-2H3. The summed E-state index contributed by atoms with van der Waals surface area (Å²) in [7, 11) is 3.54. The average molecular weight is 235 g/mol. The van der Waals surface area contributed by atoms with Crippen LogP contribution in [0.4, 0.5) is 0 Å². The van der Waals surface area contributed by atoms with E-state index in [2.05, 4.69) is 13.8 Å². The minimum absolute atomic E-state index is 0.0612. The van der Waals surface area contributed by atoms with Crippen molar-refractivity contribution < 1.29 is 4.79 Å². The largest absolute Gasteiger partial charge is 0.345 e. The van der Waals surface area contributed by atoms with E-state index in [1.807, 2.05) is 38.1 Å². The number of hydrogen-bond donors (Lipinski definition) is 0. The fourth-order valence-corrected chi connectivity index (χ4v) is 1.51. The highest BCUT2D eigenvalue weighted by atomic mass is 16.2. The maximum atomic E-state index is 11.6. The number of carbonyl (C=O) groups excluding carboxylic acids is 1. The van der Waals surface area contributed by atoms with E-state index >= 15 is 0 Å². The molecule has 0 atom stereocenters. The van der Waals surface area contributed by atoms with Gasteiger partial charge in [-0.05, 0) is 30.0 Å². The molecule has 96 valence electrons. The Hall–Kier alpha value is -1.31. The van der Waals surface area contributed by atoms with Crippen molar-refractivity contribution in [2.45, 2.75) is 34.1 Å². The first-order valence-corrected chi connectivity index (χ1v) is 6.31. The molecule has 17 heavy (non-hydrogen) atoms. The Labute approximate surface area is 106 Å². The normalized spacial score (nSPS) is 9.59. The van der Waals surface area contributed by atoms with Crippen molar-refractivity contribution in [1.29, 1.82) is 0 Å². The molecule has 0 fully saturated rings. The van der Waals surface area contributed by atoms with Crippen molar-refractivity contribution in [1.82, 2.24) is 4.90 Å². The van der Waals surface area contributed by atoms with E-state index in [9.17, 15) is 4.79 Å². The van der Waals surface area contributed by atoms with Crippen LogP contribution in [0.25, 0.3) is 0 Å². The van der Waals surface area contributed by atoms with Crippen LogP contribution in [0.2, 0.25) is 0 Å². The molecule has 0 bridgehead atoms. The van der Waals surface area contributed by atoms with Gasteiger partial charge in [0, 0.05) is 19.7 Å². The molecule has 0 spiro atoms. The van der Waals surface area contributed by atoms with Crippen LogP contribution in [-0.4, -0.2) is 24.9 Å². The number of carbonyl (C=O) groups is 1. The van der Waals surface area contributed by atoms with Crippen LogP contribution in [0.15, 0.2) is 24.3 Å². The molecule has 0 radical (unpaired) electrons. The fraction of sp³-hybridized carbons (Fsp3) is 0.533. The van der Waals surface area contributed by atoms with Gasteiger partial charge >= 0.3 is 0 Å². The molecule has 0 aliphatic carbocycles. The molecule has 0 unspecified atom stereocenters. The van der Waals surface area contributed by atoms with Crippen molar-refractivity contribution in [2.24, 2.45) is 5.92 Å². The van der Waals surface area contributed by atoms with E-state index < -0.39 is 0 Å². The highest BCUT2D eigenvalue weighted by Gasteiger charge is 2.07. The van der Waals surface area contributed by atoms with Crippen molar-refractivity contribution in [3.63, 3.8) is 0 Å². The predicted molar refractivity (Wildman–Crippen MR) is 74.3 cm³/mol. The van der Waals surface area contributed by atoms with E-state index in [1.54, 1.807) is 19.0 Å². The molecule has 0 aromatic heterocycles. The third-order valence-corrected chi connectivity index (χ3v) is 2.25. The van der Waals surface area contributed by atoms with E-state index in [0.29, 0.717) is 5.92 Å². The maximum Gasteiger partial charge on any atom is 0.253 e. The lowest BCUT2D eigenvalue weighted by atomic mass is 10.0. The molecule has 0 saturated carbocycles. The summed E-state index contributed by atoms with van der Waals surface area (Å²) >= 11 is 0. The van der Waals surface area contributed by atoms with Crippen LogP contribution in [0.3, 0.4) is 0 Å². The minimum Gasteiger partial charge on any atom is -0.345 e. The Morgan fingerprint density at radius 2 is 1.59 bits per heavy atom. The quantitative estimate of drug-likeness (QED) is 0.783. The van der Waals surface area contributed by atoms with E-state index in [-0.39, 0.29) is 5.91 Å². The van der Waals surface area contributed by atoms with Gasteiger partial charge in [-0.1, -0.05) is 39.8 Å². The summed E-state index contributed by atoms with van der Waals surface area (Å²) in [5, 5.41) is 0. The second-order valence-corrected chi connectivity index (χ2v) is 4.49. The Morgan fingerprint density at radius 3 is 1.94 bits per heavy atom. The molecule has 1 rings (SSSR count). The van der Waals surface area contributed by atoms with E-state index in [4.69, 9.17) is 0 Å². The van der Waals surface area contributed by atoms with Crippen molar-refractivity contribution in [3.8, 4) is 0 Å². The Bertz CT molecular complexity index is 325. The molecule has 1 aromatic carbocycles. The first kappa shape index (κ1) is 15.7. The number of rotatable bonds is 3. The van der Waals surface area contributed by atoms with Crippen molar-refractivity contribution in [2.75, 3.05) is 14.1 Å². The van der Waals surface area contributed by atoms with Gasteiger partial charge in [-0.3, -0.25) is 4.79 Å². The van der Waals surface area contributed by atoms with Gasteiger partial charge in [0.1, 0.15) is 0 Å². The van der Waals surface area contributed by atoms with Gasteiger partial charge in [-0.15, -0.1) is 0 Å². The molecule has 2 nitrogen and oxygen atoms in total. The van der Waals surface area contributed by atoms with Gasteiger partial charge in [-0.25, -0.2) is 0 Å². The van der Waals surface area contributed by atoms with Crippen molar-refractivity contribution >= 4 is 5.91 Å². The summed E-state index contributed by atoms with van der Waals surface area (Å²) in [5.74, 6) is 0.714. The number of hydrogen-bond acceptors (Lipinski definition) is 1. The highest BCUT2D eigenvalue weighted by Crippen LogP contribution is 2.10. The molecule has 0 aliphatic rings. The van der Waals surface area contributed by atoms with Gasteiger partial charge in [0.15, 0.2) is 0 Å². The molecule has 0 heterocycles. The van der Waals surface area contributed by atoms with E-state index in [1.165, 1.54) is 5.56 Å². The summed E-state index contributed by atoms with van der Waals surface area (Å²) < 4.78 is 0. The molecular formula is C15H25NO. The smallest absolute Gasteiger partial charge is 0.253 e. The first-order chi connectivity index (χ1) is 8.00. The third-order valence-electron chi connectivity index (χ3n) is 2.25. The van der Waals surface area contributed by atoms with Crippen LogP contribution in [0.5, 0.6) is 0 Å². The summed E-state index contributed by atoms with van der Waals surface area (Å²) in [6.07, 6.45) is 1.07. The van der Waals surface area contributed by atoms with Crippen LogP contribution in [-0.2, 0) is 6.42 Å². The van der Waals surface area contributed by atoms with Gasteiger partial charge < -0.3 is 4.90 Å². The Morgan fingerprint density at radius 1 is 1.12 bits per heavy atom. The SMILES string of the molecule is CC.CC(C)Cc1ccc(C(=O)N(C)C)cc1. The minimum atomic E-state index is 0.0612. The zero-order valence-electron chi connectivity index (χ0n) is 11.9. The first-order valence-electron chi connectivity index (χ1n) is 6.31. The van der Waals surface area contributed by atoms with Crippen LogP contribution < -0.4 is 0 Å². The molecule has 1 aromatic rings. The molecule has 0 N–H and O–H groups in total. The summed E-state index contributed by atoms with van der Waals surface area (Å²) in [6.45, 7) is 8.39. The second-order valence-electron chi connectivity index (χ2n) is 4.49. The number of amides is 1. The van der Waals surface area contributed by atoms with Crippen molar-refractivity contribution in [3.05, 3.63) is 35.4 Å². The average Bonchev–Trinajstić information content (AvgIpc) is 2.31. The fourth-order valence-electron chi connectivity index (χ4n) is 1.51. The maximum absolute atomic E-state index is 11.6. The topological polar surface area (TPSA) is 20.3 Å². The summed E-state index contributed by atoms with van der Waals surface area (Å²) in [4.78, 5) is 13.2. The zero-order valence-corrected chi connectivity index (χ0v) is 11.9. The molecule has 2 heteroatoms. The monoisotopic (exact) mass is 235 g/mol. The van der Waals surface area contributed by atoms with Gasteiger partial charge in [0.25, 0.3) is 5.91 Å². The molecule has 1 amide bonds. The molecular weight excluding hydrogens is 210 g/mol.